The van der Waals surface area contributed by atoms with Crippen molar-refractivity contribution in [1.82, 2.24) is 15.2 Å². The summed E-state index contributed by atoms with van der Waals surface area (Å²) in [5.74, 6) is 1.00. The maximum Gasteiger partial charge on any atom is 0.169 e. The van der Waals surface area contributed by atoms with E-state index in [1.807, 2.05) is 17.8 Å². The molecule has 0 radical (unpaired) electrons. The molecule has 1 N–H and O–H groups in total. The first-order valence-electron chi connectivity index (χ1n) is 8.89. The number of thiazole rings is 1. The number of hydrogen-bond acceptors (Lipinski definition) is 4. The molecule has 1 fully saturated rings. The summed E-state index contributed by atoms with van der Waals surface area (Å²) >= 11 is 9.34. The summed E-state index contributed by atoms with van der Waals surface area (Å²) in [7, 11) is 0. The summed E-state index contributed by atoms with van der Waals surface area (Å²) in [6.45, 7) is 1.89. The third kappa shape index (κ3) is 4.03. The van der Waals surface area contributed by atoms with E-state index in [0.717, 1.165) is 35.9 Å². The fourth-order valence-electron chi connectivity index (χ4n) is 3.24. The average Bonchev–Trinajstić information content (AvgIpc) is 3.32. The van der Waals surface area contributed by atoms with Crippen molar-refractivity contribution in [3.63, 3.8) is 0 Å². The minimum atomic E-state index is 0.314. The Balaban J connectivity index is 1.34. The molecule has 0 bridgehead atoms. The van der Waals surface area contributed by atoms with Gasteiger partial charge in [-0.15, -0.1) is 23.1 Å². The van der Waals surface area contributed by atoms with Crippen molar-refractivity contribution in [3.05, 3.63) is 59.6 Å². The standard InChI is InChI=1S/C20H21N3S3/c24-20(21-12-14-25-15-7-2-1-3-8-15)23-13-6-10-17(23)19-22-16-9-4-5-11-18(16)26-19/h1-5,7-9,11,17H,6,10,12-14H2,(H,21,24)/t17-/m1/s1. The van der Waals surface area contributed by atoms with E-state index in [2.05, 4.69) is 58.7 Å². The monoisotopic (exact) mass is 399 g/mol. The van der Waals surface area contributed by atoms with Crippen LogP contribution in [0, 0.1) is 0 Å². The Hall–Kier alpha value is -1.63. The lowest BCUT2D eigenvalue weighted by atomic mass is 10.2. The first-order valence-corrected chi connectivity index (χ1v) is 11.1. The minimum Gasteiger partial charge on any atom is -0.362 e. The fourth-order valence-corrected chi connectivity index (χ4v) is 5.47. The van der Waals surface area contributed by atoms with Crippen LogP contribution in [0.15, 0.2) is 59.5 Å². The zero-order chi connectivity index (χ0) is 17.8. The van der Waals surface area contributed by atoms with Crippen LogP contribution in [0.2, 0.25) is 0 Å². The highest BCUT2D eigenvalue weighted by molar-refractivity contribution is 7.99. The average molecular weight is 400 g/mol. The second-order valence-electron chi connectivity index (χ2n) is 6.26. The van der Waals surface area contributed by atoms with Crippen LogP contribution >= 0.6 is 35.3 Å². The van der Waals surface area contributed by atoms with Crippen molar-refractivity contribution in [1.29, 1.82) is 0 Å². The lowest BCUT2D eigenvalue weighted by molar-refractivity contribution is 0.394. The predicted molar refractivity (Wildman–Crippen MR) is 116 cm³/mol. The Morgan fingerprint density at radius 3 is 2.85 bits per heavy atom. The van der Waals surface area contributed by atoms with Gasteiger partial charge in [-0.25, -0.2) is 4.98 Å². The molecule has 26 heavy (non-hydrogen) atoms. The number of fused-ring (bicyclic) bond motifs is 1. The van der Waals surface area contributed by atoms with Crippen LogP contribution in [-0.2, 0) is 0 Å². The molecule has 1 aromatic heterocycles. The van der Waals surface area contributed by atoms with E-state index in [1.165, 1.54) is 21.0 Å². The molecule has 1 atom stereocenters. The number of benzene rings is 2. The topological polar surface area (TPSA) is 28.2 Å². The largest absolute Gasteiger partial charge is 0.362 e. The van der Waals surface area contributed by atoms with E-state index in [-0.39, 0.29) is 0 Å². The van der Waals surface area contributed by atoms with E-state index < -0.39 is 0 Å². The highest BCUT2D eigenvalue weighted by atomic mass is 32.2. The van der Waals surface area contributed by atoms with Gasteiger partial charge in [0.2, 0.25) is 0 Å². The smallest absolute Gasteiger partial charge is 0.169 e. The van der Waals surface area contributed by atoms with E-state index in [0.29, 0.717) is 6.04 Å². The number of nitrogens with one attached hydrogen (secondary N) is 1. The van der Waals surface area contributed by atoms with Crippen LogP contribution < -0.4 is 5.32 Å². The quantitative estimate of drug-likeness (QED) is 0.366. The Labute approximate surface area is 167 Å². The van der Waals surface area contributed by atoms with Crippen molar-refractivity contribution in [2.24, 2.45) is 0 Å². The maximum absolute atomic E-state index is 5.68. The second-order valence-corrected chi connectivity index (χ2v) is 8.88. The molecule has 1 aliphatic rings. The molecular weight excluding hydrogens is 378 g/mol. The Bertz CT molecular complexity index is 845. The molecule has 2 heterocycles. The van der Waals surface area contributed by atoms with Crippen molar-refractivity contribution in [3.8, 4) is 0 Å². The number of nitrogens with zero attached hydrogens (tertiary/aromatic N) is 2. The molecule has 3 nitrogen and oxygen atoms in total. The summed E-state index contributed by atoms with van der Waals surface area (Å²) < 4.78 is 1.26. The van der Waals surface area contributed by atoms with Gasteiger partial charge >= 0.3 is 0 Å². The summed E-state index contributed by atoms with van der Waals surface area (Å²) in [6.07, 6.45) is 2.29. The van der Waals surface area contributed by atoms with Gasteiger partial charge in [0.25, 0.3) is 0 Å². The molecule has 0 aliphatic carbocycles. The van der Waals surface area contributed by atoms with Crippen LogP contribution in [0.1, 0.15) is 23.9 Å². The summed E-state index contributed by atoms with van der Waals surface area (Å²) in [6, 6.07) is 19.2. The SMILES string of the molecule is S=C(NCCSc1ccccc1)N1CCC[C@@H]1c1nc2ccccc2s1. The maximum atomic E-state index is 5.68. The van der Waals surface area contributed by atoms with Gasteiger partial charge in [0.05, 0.1) is 16.3 Å². The third-order valence-electron chi connectivity index (χ3n) is 4.50. The Morgan fingerprint density at radius 2 is 2.00 bits per heavy atom. The van der Waals surface area contributed by atoms with Crippen LogP contribution in [0.3, 0.4) is 0 Å². The number of hydrogen-bond donors (Lipinski definition) is 1. The first kappa shape index (κ1) is 17.8. The predicted octanol–water partition coefficient (Wildman–Crippen LogP) is 5.10. The van der Waals surface area contributed by atoms with E-state index in [1.54, 1.807) is 11.3 Å². The molecule has 2 aromatic carbocycles. The van der Waals surface area contributed by atoms with Crippen molar-refractivity contribution in [2.45, 2.75) is 23.8 Å². The normalized spacial score (nSPS) is 16.9. The molecule has 6 heteroatoms. The highest BCUT2D eigenvalue weighted by Crippen LogP contribution is 2.36. The van der Waals surface area contributed by atoms with Gasteiger partial charge in [0, 0.05) is 23.7 Å². The van der Waals surface area contributed by atoms with Gasteiger partial charge in [-0.2, -0.15) is 0 Å². The number of rotatable bonds is 5. The second kappa shape index (κ2) is 8.37. The highest BCUT2D eigenvalue weighted by Gasteiger charge is 2.30. The van der Waals surface area contributed by atoms with E-state index >= 15 is 0 Å². The summed E-state index contributed by atoms with van der Waals surface area (Å²) in [5.41, 5.74) is 1.09. The molecule has 0 amide bonds. The van der Waals surface area contributed by atoms with Crippen LogP contribution in [0.25, 0.3) is 10.2 Å². The number of thioether (sulfide) groups is 1. The molecular formula is C20H21N3S3. The van der Waals surface area contributed by atoms with Gasteiger partial charge in [0.1, 0.15) is 5.01 Å². The van der Waals surface area contributed by atoms with E-state index in [4.69, 9.17) is 17.2 Å². The number of thiocarbonyl (C=S) groups is 1. The zero-order valence-corrected chi connectivity index (χ0v) is 16.9. The molecule has 1 aliphatic heterocycles. The number of likely N-dealkylation sites (tertiary alicyclic amines) is 1. The van der Waals surface area contributed by atoms with E-state index in [9.17, 15) is 0 Å². The number of aromatic nitrogens is 1. The molecule has 0 saturated carbocycles. The van der Waals surface area contributed by atoms with Crippen molar-refractivity contribution < 1.29 is 0 Å². The van der Waals surface area contributed by atoms with Gasteiger partial charge < -0.3 is 10.2 Å². The summed E-state index contributed by atoms with van der Waals surface area (Å²) in [5, 5.41) is 5.49. The van der Waals surface area contributed by atoms with Crippen LogP contribution in [0.4, 0.5) is 0 Å². The molecule has 0 spiro atoms. The fraction of sp³-hybridized carbons (Fsp3) is 0.300. The van der Waals surface area contributed by atoms with Crippen molar-refractivity contribution in [2.75, 3.05) is 18.8 Å². The van der Waals surface area contributed by atoms with Gasteiger partial charge in [0.15, 0.2) is 5.11 Å². The lowest BCUT2D eigenvalue weighted by Crippen LogP contribution is -2.40. The Kier molecular flexibility index (Phi) is 5.72. The van der Waals surface area contributed by atoms with Crippen LogP contribution in [-0.4, -0.2) is 33.8 Å². The zero-order valence-electron chi connectivity index (χ0n) is 14.4. The van der Waals surface area contributed by atoms with Gasteiger partial charge in [-0.05, 0) is 49.3 Å². The van der Waals surface area contributed by atoms with Gasteiger partial charge in [-0.3, -0.25) is 0 Å². The molecule has 0 unspecified atom stereocenters. The molecule has 3 aromatic rings. The Morgan fingerprint density at radius 1 is 1.19 bits per heavy atom. The third-order valence-corrected chi connectivity index (χ3v) is 7.03. The first-order chi connectivity index (χ1) is 12.8. The van der Waals surface area contributed by atoms with Crippen LogP contribution in [0.5, 0.6) is 0 Å². The summed E-state index contributed by atoms with van der Waals surface area (Å²) in [4.78, 5) is 8.47. The number of para-hydroxylation sites is 1. The molecule has 134 valence electrons. The molecule has 4 rings (SSSR count). The lowest BCUT2D eigenvalue weighted by Gasteiger charge is -2.26. The minimum absolute atomic E-state index is 0.314. The van der Waals surface area contributed by atoms with Gasteiger partial charge in [-0.1, -0.05) is 30.3 Å². The molecule has 1 saturated heterocycles. The van der Waals surface area contributed by atoms with Crippen molar-refractivity contribution >= 4 is 50.6 Å².